The van der Waals surface area contributed by atoms with Crippen molar-refractivity contribution in [3.05, 3.63) is 65.2 Å². The van der Waals surface area contributed by atoms with E-state index in [2.05, 4.69) is 60.9 Å². The van der Waals surface area contributed by atoms with Crippen molar-refractivity contribution >= 4 is 11.8 Å². The number of benzene rings is 2. The van der Waals surface area contributed by atoms with Gasteiger partial charge in [-0.15, -0.1) is 0 Å². The minimum absolute atomic E-state index is 0.0627. The van der Waals surface area contributed by atoms with Crippen molar-refractivity contribution in [1.29, 1.82) is 0 Å². The van der Waals surface area contributed by atoms with Crippen molar-refractivity contribution in [2.24, 2.45) is 0 Å². The van der Waals surface area contributed by atoms with Gasteiger partial charge in [-0.2, -0.15) is 0 Å². The molecule has 0 spiro atoms. The summed E-state index contributed by atoms with van der Waals surface area (Å²) in [5, 5.41) is 10.1. The second-order valence-corrected chi connectivity index (χ2v) is 9.92. The monoisotopic (exact) mass is 435 g/mol. The molecule has 5 nitrogen and oxygen atoms in total. The van der Waals surface area contributed by atoms with Crippen LogP contribution >= 0.6 is 0 Å². The second kappa shape index (κ2) is 9.53. The maximum atomic E-state index is 12.3. The molecule has 2 aliphatic rings. The maximum Gasteiger partial charge on any atom is 0.407 e. The van der Waals surface area contributed by atoms with Crippen LogP contribution in [0.4, 0.5) is 10.5 Å². The first kappa shape index (κ1) is 22.7. The zero-order valence-corrected chi connectivity index (χ0v) is 19.8. The number of fused-ring (bicyclic) bond motifs is 1. The van der Waals surface area contributed by atoms with Gasteiger partial charge in [0.25, 0.3) is 0 Å². The standard InChI is InChI=1S/C27H37N3O2/c1-4-13-28-15-17-29(18-16-28)22-10-11-24-23(20-22)25(19-21-8-6-5-7-9-21)30(26(31)32)14-12-27(24,2)3/h5-11,20,25H,4,12-19H2,1-3H3,(H,31,32). The number of carbonyl (C=O) groups is 1. The molecule has 2 aliphatic heterocycles. The van der Waals surface area contributed by atoms with Gasteiger partial charge in [-0.1, -0.05) is 57.2 Å². The molecule has 1 atom stereocenters. The lowest BCUT2D eigenvalue weighted by Gasteiger charge is -2.37. The van der Waals surface area contributed by atoms with E-state index in [1.165, 1.54) is 35.3 Å². The van der Waals surface area contributed by atoms with Gasteiger partial charge in [-0.25, -0.2) is 4.79 Å². The number of rotatable bonds is 5. The van der Waals surface area contributed by atoms with E-state index in [9.17, 15) is 9.90 Å². The van der Waals surface area contributed by atoms with E-state index in [0.717, 1.165) is 32.6 Å². The normalized spacial score (nSPS) is 21.2. The molecule has 1 fully saturated rings. The Labute approximate surface area is 192 Å². The molecule has 0 radical (unpaired) electrons. The summed E-state index contributed by atoms with van der Waals surface area (Å²) in [5.41, 5.74) is 4.80. The Morgan fingerprint density at radius 1 is 1.03 bits per heavy atom. The van der Waals surface area contributed by atoms with Gasteiger partial charge in [0.1, 0.15) is 0 Å². The van der Waals surface area contributed by atoms with Gasteiger partial charge >= 0.3 is 6.09 Å². The number of hydrogen-bond acceptors (Lipinski definition) is 3. The number of carboxylic acid groups (broad SMARTS) is 1. The molecule has 172 valence electrons. The molecule has 32 heavy (non-hydrogen) atoms. The minimum atomic E-state index is -0.826. The molecule has 2 aromatic rings. The summed E-state index contributed by atoms with van der Waals surface area (Å²) < 4.78 is 0. The third-order valence-corrected chi connectivity index (χ3v) is 7.27. The fourth-order valence-corrected chi connectivity index (χ4v) is 5.33. The first-order valence-electron chi connectivity index (χ1n) is 12.0. The zero-order chi connectivity index (χ0) is 22.7. The van der Waals surface area contributed by atoms with Crippen LogP contribution in [0.25, 0.3) is 0 Å². The predicted octanol–water partition coefficient (Wildman–Crippen LogP) is 5.16. The lowest BCUT2D eigenvalue weighted by Crippen LogP contribution is -2.46. The number of amides is 1. The number of nitrogens with zero attached hydrogens (tertiary/aromatic N) is 3. The highest BCUT2D eigenvalue weighted by Crippen LogP contribution is 2.42. The van der Waals surface area contributed by atoms with Crippen molar-refractivity contribution in [3.8, 4) is 0 Å². The van der Waals surface area contributed by atoms with Crippen LogP contribution in [0.15, 0.2) is 48.5 Å². The van der Waals surface area contributed by atoms with Crippen LogP contribution < -0.4 is 4.90 Å². The molecule has 4 rings (SSSR count). The highest BCUT2D eigenvalue weighted by Gasteiger charge is 2.37. The molecule has 0 aromatic heterocycles. The van der Waals surface area contributed by atoms with Crippen LogP contribution in [-0.2, 0) is 11.8 Å². The molecule has 1 unspecified atom stereocenters. The van der Waals surface area contributed by atoms with Crippen molar-refractivity contribution < 1.29 is 9.90 Å². The summed E-state index contributed by atoms with van der Waals surface area (Å²) in [5.74, 6) is 0. The Balaban J connectivity index is 1.71. The molecule has 2 aromatic carbocycles. The zero-order valence-electron chi connectivity index (χ0n) is 19.8. The highest BCUT2D eigenvalue weighted by molar-refractivity contribution is 5.67. The van der Waals surface area contributed by atoms with Crippen LogP contribution in [0.5, 0.6) is 0 Å². The van der Waals surface area contributed by atoms with Gasteiger partial charge in [0.2, 0.25) is 0 Å². The Kier molecular flexibility index (Phi) is 6.75. The molecular weight excluding hydrogens is 398 g/mol. The van der Waals surface area contributed by atoms with Gasteiger partial charge in [0.15, 0.2) is 0 Å². The summed E-state index contributed by atoms with van der Waals surface area (Å²) in [6.45, 7) is 12.7. The third kappa shape index (κ3) is 4.78. The maximum absolute atomic E-state index is 12.3. The van der Waals surface area contributed by atoms with Crippen molar-refractivity contribution in [1.82, 2.24) is 9.80 Å². The number of anilines is 1. The topological polar surface area (TPSA) is 47.0 Å². The Bertz CT molecular complexity index is 920. The lowest BCUT2D eigenvalue weighted by molar-refractivity contribution is 0.123. The van der Waals surface area contributed by atoms with Crippen molar-refractivity contribution in [3.63, 3.8) is 0 Å². The largest absolute Gasteiger partial charge is 0.465 e. The van der Waals surface area contributed by atoms with E-state index < -0.39 is 6.09 Å². The van der Waals surface area contributed by atoms with Crippen LogP contribution in [0.3, 0.4) is 0 Å². The van der Waals surface area contributed by atoms with Gasteiger partial charge in [0.05, 0.1) is 6.04 Å². The number of hydrogen-bond donors (Lipinski definition) is 1. The Hall–Kier alpha value is -2.53. The fourth-order valence-electron chi connectivity index (χ4n) is 5.33. The lowest BCUT2D eigenvalue weighted by atomic mass is 9.78. The van der Waals surface area contributed by atoms with Crippen LogP contribution in [0.1, 0.15) is 56.3 Å². The van der Waals surface area contributed by atoms with E-state index in [1.54, 1.807) is 4.90 Å². The summed E-state index contributed by atoms with van der Waals surface area (Å²) in [6.07, 6.45) is 1.89. The molecular formula is C27H37N3O2. The fraction of sp³-hybridized carbons (Fsp3) is 0.519. The van der Waals surface area contributed by atoms with Gasteiger partial charge in [-0.3, -0.25) is 4.90 Å². The Morgan fingerprint density at radius 2 is 1.75 bits per heavy atom. The van der Waals surface area contributed by atoms with Crippen molar-refractivity contribution in [2.45, 2.75) is 51.5 Å². The number of piperazine rings is 1. The van der Waals surface area contributed by atoms with E-state index in [-0.39, 0.29) is 11.5 Å². The highest BCUT2D eigenvalue weighted by atomic mass is 16.4. The summed E-state index contributed by atoms with van der Waals surface area (Å²) in [6, 6.07) is 16.9. The molecule has 1 N–H and O–H groups in total. The molecule has 1 saturated heterocycles. The summed E-state index contributed by atoms with van der Waals surface area (Å²) in [4.78, 5) is 19.0. The van der Waals surface area contributed by atoms with E-state index >= 15 is 0 Å². The summed E-state index contributed by atoms with van der Waals surface area (Å²) in [7, 11) is 0. The average Bonchev–Trinajstić information content (AvgIpc) is 2.89. The third-order valence-electron chi connectivity index (χ3n) is 7.27. The van der Waals surface area contributed by atoms with E-state index in [1.807, 2.05) is 18.2 Å². The smallest absolute Gasteiger partial charge is 0.407 e. The molecule has 0 bridgehead atoms. The van der Waals surface area contributed by atoms with Crippen LogP contribution in [0, 0.1) is 0 Å². The van der Waals surface area contributed by atoms with Gasteiger partial charge in [0, 0.05) is 38.4 Å². The SMILES string of the molecule is CCCN1CCN(c2ccc3c(c2)C(Cc2ccccc2)N(C(=O)O)CCC3(C)C)CC1. The molecule has 1 amide bonds. The minimum Gasteiger partial charge on any atom is -0.465 e. The van der Waals surface area contributed by atoms with Gasteiger partial charge in [-0.05, 0) is 60.0 Å². The Morgan fingerprint density at radius 3 is 2.41 bits per heavy atom. The first-order chi connectivity index (χ1) is 15.4. The summed E-state index contributed by atoms with van der Waals surface area (Å²) >= 11 is 0. The van der Waals surface area contributed by atoms with Crippen LogP contribution in [-0.4, -0.2) is 60.3 Å². The molecule has 0 aliphatic carbocycles. The average molecular weight is 436 g/mol. The van der Waals surface area contributed by atoms with E-state index in [4.69, 9.17) is 0 Å². The second-order valence-electron chi connectivity index (χ2n) is 9.92. The van der Waals surface area contributed by atoms with Crippen LogP contribution in [0.2, 0.25) is 0 Å². The van der Waals surface area contributed by atoms with Crippen molar-refractivity contribution in [2.75, 3.05) is 44.2 Å². The molecule has 5 heteroatoms. The van der Waals surface area contributed by atoms with Gasteiger partial charge < -0.3 is 14.9 Å². The molecule has 2 heterocycles. The van der Waals surface area contributed by atoms with E-state index in [0.29, 0.717) is 13.0 Å². The molecule has 0 saturated carbocycles. The quantitative estimate of drug-likeness (QED) is 0.704. The predicted molar refractivity (Wildman–Crippen MR) is 131 cm³/mol. The first-order valence-corrected chi connectivity index (χ1v) is 12.0.